The monoisotopic (exact) mass is 307 g/mol. The number of hydrogen-bond donors (Lipinski definition) is 0. The summed E-state index contributed by atoms with van der Waals surface area (Å²) in [5.41, 5.74) is 4.94. The Morgan fingerprint density at radius 1 is 0.957 bits per heavy atom. The number of hydrogen-bond acceptors (Lipinski definition) is 1. The van der Waals surface area contributed by atoms with E-state index in [1.54, 1.807) is 0 Å². The summed E-state index contributed by atoms with van der Waals surface area (Å²) in [6.07, 6.45) is 1.84. The third-order valence-electron chi connectivity index (χ3n) is 3.67. The molecular weight excluding hydrogens is 278 g/mol. The largest absolute Gasteiger partial charge is 0.282 e. The Bertz CT molecular complexity index is 606. The Balaban J connectivity index is 0.000000253. The number of nitrogens with zero attached hydrogens (tertiary/aromatic N) is 1. The Morgan fingerprint density at radius 3 is 1.96 bits per heavy atom. The van der Waals surface area contributed by atoms with Crippen LogP contribution in [-0.4, -0.2) is 11.8 Å². The normalized spacial score (nSPS) is 12.3. The molecule has 2 rings (SSSR count). The van der Waals surface area contributed by atoms with E-state index >= 15 is 0 Å². The molecule has 0 saturated carbocycles. The highest BCUT2D eigenvalue weighted by Crippen LogP contribution is 2.11. The second-order valence-electron chi connectivity index (χ2n) is 6.12. The lowest BCUT2D eigenvalue weighted by atomic mass is 10.0. The first-order valence-corrected chi connectivity index (χ1v) is 8.23. The van der Waals surface area contributed by atoms with Gasteiger partial charge in [0.1, 0.15) is 0 Å². The third kappa shape index (κ3) is 7.10. The van der Waals surface area contributed by atoms with Gasteiger partial charge in [0.05, 0.1) is 6.04 Å². The quantitative estimate of drug-likeness (QED) is 0.472. The van der Waals surface area contributed by atoms with E-state index in [1.165, 1.54) is 16.7 Å². The zero-order chi connectivity index (χ0) is 17.2. The van der Waals surface area contributed by atoms with Crippen molar-refractivity contribution in [3.63, 3.8) is 0 Å². The Hall–Kier alpha value is -2.15. The fourth-order valence-electron chi connectivity index (χ4n) is 2.07. The minimum absolute atomic E-state index is 0.191. The van der Waals surface area contributed by atoms with E-state index in [4.69, 9.17) is 0 Å². The first-order valence-electron chi connectivity index (χ1n) is 8.23. The molecule has 0 spiro atoms. The molecule has 0 amide bonds. The smallest absolute Gasteiger partial charge is 0.0652 e. The highest BCUT2D eigenvalue weighted by molar-refractivity contribution is 5.98. The molecular formula is C22H29N. The fraction of sp³-hybridized carbons (Fsp3) is 0.318. The Morgan fingerprint density at radius 2 is 1.52 bits per heavy atom. The van der Waals surface area contributed by atoms with Crippen molar-refractivity contribution in [2.45, 2.75) is 46.6 Å². The van der Waals surface area contributed by atoms with Gasteiger partial charge in [0.2, 0.25) is 0 Å². The lowest BCUT2D eigenvalue weighted by molar-refractivity contribution is 0.867. The lowest BCUT2D eigenvalue weighted by Gasteiger charge is -2.04. The Labute approximate surface area is 141 Å². The summed E-state index contributed by atoms with van der Waals surface area (Å²) < 4.78 is 0. The van der Waals surface area contributed by atoms with E-state index < -0.39 is 0 Å². The molecule has 23 heavy (non-hydrogen) atoms. The summed E-state index contributed by atoms with van der Waals surface area (Å²) in [5, 5.41) is 0. The second kappa shape index (κ2) is 9.78. The number of benzene rings is 2. The topological polar surface area (TPSA) is 12.4 Å². The van der Waals surface area contributed by atoms with Crippen LogP contribution in [0.25, 0.3) is 0 Å². The van der Waals surface area contributed by atoms with Crippen molar-refractivity contribution in [2.75, 3.05) is 0 Å². The second-order valence-corrected chi connectivity index (χ2v) is 6.12. The standard InChI is InChI=1S/C13H17N.C9H12/c1-5-11(3)14-12(4)13-8-6-10(2)7-9-13;1-8(2)9-6-4-3-5-7-9/h5-9,11H,1H2,2-4H3;3-8H,1-2H3. The highest BCUT2D eigenvalue weighted by atomic mass is 14.8. The predicted molar refractivity (Wildman–Crippen MR) is 104 cm³/mol. The van der Waals surface area contributed by atoms with E-state index in [2.05, 4.69) is 80.9 Å². The first kappa shape index (κ1) is 18.9. The van der Waals surface area contributed by atoms with Gasteiger partial charge >= 0.3 is 0 Å². The molecule has 0 heterocycles. The van der Waals surface area contributed by atoms with Crippen molar-refractivity contribution in [3.8, 4) is 0 Å². The summed E-state index contributed by atoms with van der Waals surface area (Å²) in [5.74, 6) is 0.659. The number of rotatable bonds is 4. The van der Waals surface area contributed by atoms with Gasteiger partial charge in [-0.1, -0.05) is 80.1 Å². The molecule has 122 valence electrons. The van der Waals surface area contributed by atoms with Gasteiger partial charge in [-0.15, -0.1) is 6.58 Å². The Kier molecular flexibility index (Phi) is 8.04. The van der Waals surface area contributed by atoms with Crippen LogP contribution in [0.15, 0.2) is 72.2 Å². The zero-order valence-electron chi connectivity index (χ0n) is 15.1. The molecule has 0 radical (unpaired) electrons. The molecule has 0 aliphatic heterocycles. The first-order chi connectivity index (χ1) is 10.9. The van der Waals surface area contributed by atoms with Crippen molar-refractivity contribution in [1.82, 2.24) is 0 Å². The van der Waals surface area contributed by atoms with Gasteiger partial charge in [0.15, 0.2) is 0 Å². The van der Waals surface area contributed by atoms with Crippen molar-refractivity contribution < 1.29 is 0 Å². The van der Waals surface area contributed by atoms with Crippen LogP contribution in [0.4, 0.5) is 0 Å². The maximum atomic E-state index is 4.49. The van der Waals surface area contributed by atoms with Crippen LogP contribution in [0.2, 0.25) is 0 Å². The predicted octanol–water partition coefficient (Wildman–Crippen LogP) is 6.19. The summed E-state index contributed by atoms with van der Waals surface area (Å²) in [7, 11) is 0. The minimum Gasteiger partial charge on any atom is -0.282 e. The average Bonchev–Trinajstić information content (AvgIpc) is 2.56. The van der Waals surface area contributed by atoms with Gasteiger partial charge in [-0.05, 0) is 37.8 Å². The van der Waals surface area contributed by atoms with Gasteiger partial charge in [0, 0.05) is 5.71 Å². The van der Waals surface area contributed by atoms with E-state index in [1.807, 2.05) is 26.0 Å². The minimum atomic E-state index is 0.191. The van der Waals surface area contributed by atoms with Crippen LogP contribution < -0.4 is 0 Å². The van der Waals surface area contributed by atoms with Crippen LogP contribution >= 0.6 is 0 Å². The molecule has 0 N–H and O–H groups in total. The highest BCUT2D eigenvalue weighted by Gasteiger charge is 1.98. The van der Waals surface area contributed by atoms with Gasteiger partial charge in [0.25, 0.3) is 0 Å². The number of aliphatic imine (C=N–C) groups is 1. The molecule has 0 fully saturated rings. The average molecular weight is 307 g/mol. The van der Waals surface area contributed by atoms with Crippen LogP contribution in [0, 0.1) is 6.92 Å². The van der Waals surface area contributed by atoms with Crippen molar-refractivity contribution in [2.24, 2.45) is 4.99 Å². The molecule has 1 heteroatoms. The van der Waals surface area contributed by atoms with Gasteiger partial charge < -0.3 is 0 Å². The van der Waals surface area contributed by atoms with Crippen LogP contribution in [0.5, 0.6) is 0 Å². The zero-order valence-corrected chi connectivity index (χ0v) is 15.1. The molecule has 1 nitrogen and oxygen atoms in total. The lowest BCUT2D eigenvalue weighted by Crippen LogP contribution is -2.00. The molecule has 0 saturated heterocycles. The van der Waals surface area contributed by atoms with Gasteiger partial charge in [-0.3, -0.25) is 4.99 Å². The molecule has 0 aliphatic rings. The van der Waals surface area contributed by atoms with E-state index in [-0.39, 0.29) is 6.04 Å². The van der Waals surface area contributed by atoms with Gasteiger partial charge in [-0.25, -0.2) is 0 Å². The molecule has 0 aliphatic carbocycles. The van der Waals surface area contributed by atoms with Crippen LogP contribution in [0.3, 0.4) is 0 Å². The summed E-state index contributed by atoms with van der Waals surface area (Å²) in [6.45, 7) is 14.3. The number of aryl methyl sites for hydroxylation is 1. The van der Waals surface area contributed by atoms with Crippen LogP contribution in [0.1, 0.15) is 50.3 Å². The molecule has 2 aromatic rings. The van der Waals surface area contributed by atoms with Crippen molar-refractivity contribution in [1.29, 1.82) is 0 Å². The third-order valence-corrected chi connectivity index (χ3v) is 3.67. The molecule has 1 atom stereocenters. The maximum absolute atomic E-state index is 4.49. The molecule has 0 bridgehead atoms. The molecule has 1 unspecified atom stereocenters. The van der Waals surface area contributed by atoms with E-state index in [0.717, 1.165) is 5.71 Å². The summed E-state index contributed by atoms with van der Waals surface area (Å²) >= 11 is 0. The van der Waals surface area contributed by atoms with Crippen molar-refractivity contribution in [3.05, 3.63) is 83.9 Å². The van der Waals surface area contributed by atoms with Crippen molar-refractivity contribution >= 4 is 5.71 Å². The summed E-state index contributed by atoms with van der Waals surface area (Å²) in [6, 6.07) is 19.1. The fourth-order valence-corrected chi connectivity index (χ4v) is 2.07. The summed E-state index contributed by atoms with van der Waals surface area (Å²) in [4.78, 5) is 4.49. The SMILES string of the molecule is C=CC(C)N=C(C)c1ccc(C)cc1.CC(C)c1ccccc1. The van der Waals surface area contributed by atoms with E-state index in [0.29, 0.717) is 5.92 Å². The molecule has 2 aromatic carbocycles. The molecule has 0 aromatic heterocycles. The maximum Gasteiger partial charge on any atom is 0.0652 e. The van der Waals surface area contributed by atoms with E-state index in [9.17, 15) is 0 Å². The van der Waals surface area contributed by atoms with Crippen LogP contribution in [-0.2, 0) is 0 Å². The van der Waals surface area contributed by atoms with Gasteiger partial charge in [-0.2, -0.15) is 0 Å².